The van der Waals surface area contributed by atoms with Crippen LogP contribution in [0, 0.1) is 6.92 Å². The van der Waals surface area contributed by atoms with Gasteiger partial charge in [-0.3, -0.25) is 0 Å². The van der Waals surface area contributed by atoms with Crippen molar-refractivity contribution in [3.8, 4) is 0 Å². The van der Waals surface area contributed by atoms with Crippen LogP contribution in [0.3, 0.4) is 0 Å². The quantitative estimate of drug-likeness (QED) is 0.882. The minimum atomic E-state index is 0.430. The number of furan rings is 1. The fourth-order valence-electron chi connectivity index (χ4n) is 2.08. The number of aryl methyl sites for hydroxylation is 2. The molecule has 0 spiro atoms. The van der Waals surface area contributed by atoms with Gasteiger partial charge in [0.25, 0.3) is 0 Å². The van der Waals surface area contributed by atoms with E-state index in [0.717, 1.165) is 35.1 Å². The Morgan fingerprint density at radius 2 is 2.12 bits per heavy atom. The maximum absolute atomic E-state index is 6.17. The first-order valence-corrected chi connectivity index (χ1v) is 5.95. The van der Waals surface area contributed by atoms with Gasteiger partial charge in [0.05, 0.1) is 11.6 Å². The second kappa shape index (κ2) is 4.48. The van der Waals surface area contributed by atoms with Gasteiger partial charge in [0.1, 0.15) is 5.76 Å². The molecule has 2 nitrogen and oxygen atoms in total. The van der Waals surface area contributed by atoms with Crippen LogP contribution in [0.5, 0.6) is 0 Å². The van der Waals surface area contributed by atoms with Crippen LogP contribution in [0.2, 0.25) is 5.02 Å². The van der Waals surface area contributed by atoms with E-state index in [4.69, 9.17) is 21.8 Å². The highest BCUT2D eigenvalue weighted by Gasteiger charge is 2.14. The van der Waals surface area contributed by atoms with Crippen molar-refractivity contribution in [2.24, 2.45) is 5.73 Å². The predicted octanol–water partition coefficient (Wildman–Crippen LogP) is 3.81. The smallest absolute Gasteiger partial charge is 0.153 e. The van der Waals surface area contributed by atoms with E-state index in [9.17, 15) is 0 Å². The first-order chi connectivity index (χ1) is 7.67. The first-order valence-electron chi connectivity index (χ1n) is 5.57. The zero-order valence-electron chi connectivity index (χ0n) is 9.64. The molecule has 0 fully saturated rings. The molecular formula is C13H16ClNO. The Bertz CT molecular complexity index is 516. The van der Waals surface area contributed by atoms with E-state index >= 15 is 0 Å². The fourth-order valence-corrected chi connectivity index (χ4v) is 2.39. The SMILES string of the molecule is CCCc1c(CN)oc2c(Cl)cc(C)cc12. The molecule has 16 heavy (non-hydrogen) atoms. The summed E-state index contributed by atoms with van der Waals surface area (Å²) in [7, 11) is 0. The lowest BCUT2D eigenvalue weighted by Crippen LogP contribution is -1.98. The molecule has 0 radical (unpaired) electrons. The number of rotatable bonds is 3. The summed E-state index contributed by atoms with van der Waals surface area (Å²) in [6.45, 7) is 4.62. The van der Waals surface area contributed by atoms with Crippen molar-refractivity contribution in [2.45, 2.75) is 33.2 Å². The van der Waals surface area contributed by atoms with Crippen molar-refractivity contribution in [3.63, 3.8) is 0 Å². The van der Waals surface area contributed by atoms with Crippen LogP contribution >= 0.6 is 11.6 Å². The van der Waals surface area contributed by atoms with Gasteiger partial charge in [-0.15, -0.1) is 0 Å². The molecular weight excluding hydrogens is 222 g/mol. The molecule has 0 saturated heterocycles. The van der Waals surface area contributed by atoms with E-state index in [0.29, 0.717) is 11.6 Å². The van der Waals surface area contributed by atoms with Crippen LogP contribution in [0.15, 0.2) is 16.5 Å². The number of nitrogens with two attached hydrogens (primary N) is 1. The molecule has 0 unspecified atom stereocenters. The standard InChI is InChI=1S/C13H16ClNO/c1-3-4-9-10-5-8(2)6-11(14)13(10)16-12(9)7-15/h5-6H,3-4,7,15H2,1-2H3. The van der Waals surface area contributed by atoms with Crippen molar-refractivity contribution in [2.75, 3.05) is 0 Å². The minimum absolute atomic E-state index is 0.430. The van der Waals surface area contributed by atoms with Gasteiger partial charge in [-0.2, -0.15) is 0 Å². The molecule has 0 atom stereocenters. The number of benzene rings is 1. The third kappa shape index (κ3) is 1.83. The van der Waals surface area contributed by atoms with E-state index < -0.39 is 0 Å². The van der Waals surface area contributed by atoms with Crippen LogP contribution in [-0.4, -0.2) is 0 Å². The van der Waals surface area contributed by atoms with E-state index in [-0.39, 0.29) is 0 Å². The summed E-state index contributed by atoms with van der Waals surface area (Å²) in [4.78, 5) is 0. The van der Waals surface area contributed by atoms with Crippen LogP contribution in [-0.2, 0) is 13.0 Å². The molecule has 2 N–H and O–H groups in total. The van der Waals surface area contributed by atoms with E-state index in [1.807, 2.05) is 13.0 Å². The molecule has 1 aromatic heterocycles. The van der Waals surface area contributed by atoms with Crippen molar-refractivity contribution < 1.29 is 4.42 Å². The van der Waals surface area contributed by atoms with Gasteiger partial charge in [0, 0.05) is 10.9 Å². The summed E-state index contributed by atoms with van der Waals surface area (Å²) in [6.07, 6.45) is 2.06. The Morgan fingerprint density at radius 3 is 2.75 bits per heavy atom. The van der Waals surface area contributed by atoms with Gasteiger partial charge >= 0.3 is 0 Å². The lowest BCUT2D eigenvalue weighted by Gasteiger charge is -1.99. The van der Waals surface area contributed by atoms with Crippen molar-refractivity contribution in [3.05, 3.63) is 34.0 Å². The van der Waals surface area contributed by atoms with Gasteiger partial charge in [0.15, 0.2) is 5.58 Å². The highest BCUT2D eigenvalue weighted by molar-refractivity contribution is 6.35. The van der Waals surface area contributed by atoms with Crippen molar-refractivity contribution in [1.82, 2.24) is 0 Å². The highest BCUT2D eigenvalue weighted by Crippen LogP contribution is 2.33. The molecule has 3 heteroatoms. The number of fused-ring (bicyclic) bond motifs is 1. The van der Waals surface area contributed by atoms with Crippen LogP contribution in [0.4, 0.5) is 0 Å². The zero-order valence-corrected chi connectivity index (χ0v) is 10.4. The largest absolute Gasteiger partial charge is 0.458 e. The Hall–Kier alpha value is -0.990. The molecule has 2 aromatic rings. The van der Waals surface area contributed by atoms with Gasteiger partial charge in [-0.05, 0) is 31.0 Å². The molecule has 0 aliphatic rings. The second-order valence-electron chi connectivity index (χ2n) is 4.08. The third-order valence-electron chi connectivity index (χ3n) is 2.76. The Kier molecular flexibility index (Phi) is 3.22. The summed E-state index contributed by atoms with van der Waals surface area (Å²) in [5.74, 6) is 0.865. The number of halogens is 1. The molecule has 1 heterocycles. The summed E-state index contributed by atoms with van der Waals surface area (Å²) < 4.78 is 5.73. The summed E-state index contributed by atoms with van der Waals surface area (Å²) in [6, 6.07) is 4.04. The summed E-state index contributed by atoms with van der Waals surface area (Å²) in [5, 5.41) is 1.79. The van der Waals surface area contributed by atoms with Crippen LogP contribution < -0.4 is 5.73 Å². The van der Waals surface area contributed by atoms with Crippen LogP contribution in [0.25, 0.3) is 11.0 Å². The van der Waals surface area contributed by atoms with E-state index in [2.05, 4.69) is 13.0 Å². The molecule has 0 aliphatic carbocycles. The average Bonchev–Trinajstić information content (AvgIpc) is 2.58. The Labute approximate surface area is 100 Å². The highest BCUT2D eigenvalue weighted by atomic mass is 35.5. The topological polar surface area (TPSA) is 39.2 Å². The predicted molar refractivity (Wildman–Crippen MR) is 67.8 cm³/mol. The molecule has 0 amide bonds. The lowest BCUT2D eigenvalue weighted by molar-refractivity contribution is 0.545. The van der Waals surface area contributed by atoms with E-state index in [1.54, 1.807) is 0 Å². The molecule has 0 bridgehead atoms. The molecule has 0 saturated carbocycles. The number of hydrogen-bond acceptors (Lipinski definition) is 2. The third-order valence-corrected chi connectivity index (χ3v) is 3.04. The summed E-state index contributed by atoms with van der Waals surface area (Å²) >= 11 is 6.17. The van der Waals surface area contributed by atoms with Crippen LogP contribution in [0.1, 0.15) is 30.2 Å². The van der Waals surface area contributed by atoms with Crippen molar-refractivity contribution >= 4 is 22.6 Å². The van der Waals surface area contributed by atoms with Gasteiger partial charge in [0.2, 0.25) is 0 Å². The maximum Gasteiger partial charge on any atom is 0.153 e. The monoisotopic (exact) mass is 237 g/mol. The summed E-state index contributed by atoms with van der Waals surface area (Å²) in [5.41, 5.74) is 8.84. The molecule has 2 rings (SSSR count). The Balaban J connectivity index is 2.73. The first kappa shape index (κ1) is 11.5. The zero-order chi connectivity index (χ0) is 11.7. The van der Waals surface area contributed by atoms with Gasteiger partial charge < -0.3 is 10.2 Å². The Morgan fingerprint density at radius 1 is 1.38 bits per heavy atom. The fraction of sp³-hybridized carbons (Fsp3) is 0.385. The second-order valence-corrected chi connectivity index (χ2v) is 4.49. The normalized spacial score (nSPS) is 11.2. The molecule has 0 aliphatic heterocycles. The molecule has 1 aromatic carbocycles. The lowest BCUT2D eigenvalue weighted by atomic mass is 10.0. The van der Waals surface area contributed by atoms with E-state index in [1.165, 1.54) is 5.56 Å². The van der Waals surface area contributed by atoms with Gasteiger partial charge in [-0.25, -0.2) is 0 Å². The minimum Gasteiger partial charge on any atom is -0.458 e. The van der Waals surface area contributed by atoms with Gasteiger partial charge in [-0.1, -0.05) is 24.9 Å². The average molecular weight is 238 g/mol. The maximum atomic E-state index is 6.17. The number of hydrogen-bond donors (Lipinski definition) is 1. The molecule has 86 valence electrons. The van der Waals surface area contributed by atoms with Crippen molar-refractivity contribution in [1.29, 1.82) is 0 Å².